The van der Waals surface area contributed by atoms with Crippen LogP contribution in [0.3, 0.4) is 0 Å². The molecule has 0 aliphatic rings. The Labute approximate surface area is 69.5 Å². The van der Waals surface area contributed by atoms with Crippen LogP contribution in [0.25, 0.3) is 0 Å². The molecule has 2 atom stereocenters. The normalized spacial score (nSPS) is 19.6. The SMILES string of the molecule is [2H]P([At])P(O)CCCC. The Morgan fingerprint density at radius 2 is 2.62 bits per heavy atom. The quantitative estimate of drug-likeness (QED) is 0.773. The molecule has 0 bridgehead atoms. The van der Waals surface area contributed by atoms with E-state index in [1.54, 1.807) is 0 Å². The molecule has 0 spiro atoms. The van der Waals surface area contributed by atoms with E-state index < -0.39 is 13.3 Å². The van der Waals surface area contributed by atoms with E-state index in [2.05, 4.69) is 6.92 Å². The van der Waals surface area contributed by atoms with Gasteiger partial charge in [-0.05, 0) is 0 Å². The molecular formula is C4H11AtOP2. The van der Waals surface area contributed by atoms with E-state index >= 15 is 0 Å². The molecule has 0 aromatic carbocycles. The Morgan fingerprint density at radius 1 is 2.00 bits per heavy atom. The van der Waals surface area contributed by atoms with Gasteiger partial charge in [0.1, 0.15) is 0 Å². The van der Waals surface area contributed by atoms with Gasteiger partial charge in [-0.2, -0.15) is 0 Å². The van der Waals surface area contributed by atoms with Gasteiger partial charge in [-0.15, -0.1) is 0 Å². The average molecular weight is 348 g/mol. The van der Waals surface area contributed by atoms with Crippen LogP contribution in [-0.4, -0.2) is 12.3 Å². The van der Waals surface area contributed by atoms with Gasteiger partial charge in [0.2, 0.25) is 0 Å². The summed E-state index contributed by atoms with van der Waals surface area (Å²) in [7, 11) is -0.889. The summed E-state index contributed by atoms with van der Waals surface area (Å²) in [6.45, 7) is 2.11. The van der Waals surface area contributed by atoms with Crippen LogP contribution in [0.15, 0.2) is 0 Å². The van der Waals surface area contributed by atoms with Crippen molar-refractivity contribution in [3.8, 4) is 0 Å². The standard InChI is InChI=1S/C4H11AtOP2/c1-2-3-4-8(6)7-5/h6-7H,2-4H2,1H3/i7D. The maximum absolute atomic E-state index is 9.18. The van der Waals surface area contributed by atoms with E-state index in [9.17, 15) is 4.89 Å². The molecule has 2 unspecified atom stereocenters. The molecule has 0 aliphatic carbocycles. The first-order valence-corrected chi connectivity index (χ1v) is 9.51. The molecule has 0 rings (SSSR count). The minimum atomic E-state index is -0.889. The van der Waals surface area contributed by atoms with Crippen molar-refractivity contribution in [2.45, 2.75) is 19.8 Å². The molecule has 0 aromatic heterocycles. The van der Waals surface area contributed by atoms with Crippen molar-refractivity contribution in [3.63, 3.8) is 0 Å². The predicted molar refractivity (Wildman–Crippen MR) is 37.2 cm³/mol. The molecule has 1 N–H and O–H groups in total. The van der Waals surface area contributed by atoms with E-state index in [1.165, 1.54) is 24.1 Å². The van der Waals surface area contributed by atoms with Crippen LogP contribution in [-0.2, 0) is 0 Å². The average Bonchev–Trinajstić information content (AvgIpc) is 1.82. The number of rotatable bonds is 4. The van der Waals surface area contributed by atoms with E-state index in [-0.39, 0.29) is 0 Å². The first-order valence-electron chi connectivity index (χ1n) is 3.04. The van der Waals surface area contributed by atoms with E-state index in [0.717, 1.165) is 19.0 Å². The van der Waals surface area contributed by atoms with Crippen molar-refractivity contribution in [2.75, 3.05) is 6.16 Å². The van der Waals surface area contributed by atoms with Crippen LogP contribution in [0.2, 0.25) is 0 Å². The molecule has 0 saturated carbocycles. The van der Waals surface area contributed by atoms with Gasteiger partial charge in [0.25, 0.3) is 0 Å². The maximum atomic E-state index is 9.18. The Balaban J connectivity index is 3.16. The summed E-state index contributed by atoms with van der Waals surface area (Å²) in [6, 6.07) is 0. The second-order valence-electron chi connectivity index (χ2n) is 1.53. The van der Waals surface area contributed by atoms with E-state index in [4.69, 9.17) is 1.28 Å². The van der Waals surface area contributed by atoms with Gasteiger partial charge in [-0.25, -0.2) is 0 Å². The molecule has 0 amide bonds. The Bertz CT molecular complexity index is 73.6. The number of hydrogen-bond acceptors (Lipinski definition) is 1. The predicted octanol–water partition coefficient (Wildman–Crippen LogP) is 2.23. The molecule has 0 fully saturated rings. The third-order valence-electron chi connectivity index (χ3n) is 0.799. The molecule has 0 radical (unpaired) electrons. The van der Waals surface area contributed by atoms with E-state index in [1.807, 2.05) is 0 Å². The van der Waals surface area contributed by atoms with Crippen LogP contribution >= 0.6 is 13.3 Å². The van der Waals surface area contributed by atoms with E-state index in [0.29, 0.717) is 0 Å². The van der Waals surface area contributed by atoms with Crippen LogP contribution in [0.1, 0.15) is 19.8 Å². The van der Waals surface area contributed by atoms with Crippen LogP contribution < -0.4 is 0 Å². The Kier molecular flexibility index (Phi) is 6.65. The number of hydrogen-bond donors (Lipinski definition) is 1. The third kappa shape index (κ3) is 5.83. The van der Waals surface area contributed by atoms with Crippen molar-refractivity contribution < 1.29 is 29.0 Å². The summed E-state index contributed by atoms with van der Waals surface area (Å²) in [6.07, 6.45) is 3.11. The molecule has 0 aliphatic heterocycles. The minimum absolute atomic E-state index is 0.747. The molecule has 4 heteroatoms. The Hall–Kier alpha value is 1.70. The number of unbranched alkanes of at least 4 members (excludes halogenated alkanes) is 1. The monoisotopic (exact) mass is 348 g/mol. The fraction of sp³-hybridized carbons (Fsp3) is 1.00. The summed E-state index contributed by atoms with van der Waals surface area (Å²) in [5.74, 6) is 0. The van der Waals surface area contributed by atoms with Crippen molar-refractivity contribution in [1.82, 2.24) is 0 Å². The van der Waals surface area contributed by atoms with Gasteiger partial charge >= 0.3 is 69.6 Å². The molecule has 0 heterocycles. The third-order valence-corrected chi connectivity index (χ3v) is 8.92. The molecular weight excluding hydrogens is 336 g/mol. The summed E-state index contributed by atoms with van der Waals surface area (Å²) >= 11 is 1.44. The van der Waals surface area contributed by atoms with Gasteiger partial charge in [-0.3, -0.25) is 0 Å². The Morgan fingerprint density at radius 3 is 3.00 bits per heavy atom. The zero-order valence-corrected chi connectivity index (χ0v) is 9.57. The second-order valence-corrected chi connectivity index (χ2v) is 10.00. The van der Waals surface area contributed by atoms with Gasteiger partial charge < -0.3 is 0 Å². The van der Waals surface area contributed by atoms with Gasteiger partial charge in [-0.1, -0.05) is 0 Å². The summed E-state index contributed by atoms with van der Waals surface area (Å²) < 4.78 is 7.23. The molecule has 1 nitrogen and oxygen atoms in total. The van der Waals surface area contributed by atoms with Crippen molar-refractivity contribution in [3.05, 3.63) is 0 Å². The zero-order valence-electron chi connectivity index (χ0n) is 5.84. The zero-order chi connectivity index (χ0) is 7.28. The van der Waals surface area contributed by atoms with Crippen LogP contribution in [0.4, 0.5) is 0 Å². The second kappa shape index (κ2) is 6.82. The van der Waals surface area contributed by atoms with Crippen molar-refractivity contribution in [1.29, 1.82) is 1.28 Å². The van der Waals surface area contributed by atoms with Gasteiger partial charge in [0, 0.05) is 0 Å². The van der Waals surface area contributed by atoms with Crippen molar-refractivity contribution in [2.24, 2.45) is 0 Å². The first kappa shape index (κ1) is 7.81. The summed E-state index contributed by atoms with van der Waals surface area (Å²) in [5, 5.41) is 0. The molecule has 50 valence electrons. The van der Waals surface area contributed by atoms with Crippen molar-refractivity contribution >= 4 is 13.3 Å². The fourth-order valence-electron chi connectivity index (χ4n) is 0.337. The van der Waals surface area contributed by atoms with Gasteiger partial charge in [0.05, 0.1) is 0 Å². The van der Waals surface area contributed by atoms with Gasteiger partial charge in [0.15, 0.2) is 0 Å². The summed E-state index contributed by atoms with van der Waals surface area (Å²) in [4.78, 5) is 9.18. The fourth-order valence-corrected chi connectivity index (χ4v) is 4.31. The van der Waals surface area contributed by atoms with Crippen LogP contribution in [0, 0.1) is 24.1 Å². The molecule has 8 heavy (non-hydrogen) atoms. The summed E-state index contributed by atoms with van der Waals surface area (Å²) in [5.41, 5.74) is -0.747. The topological polar surface area (TPSA) is 20.2 Å². The first-order chi connectivity index (χ1) is 4.18. The van der Waals surface area contributed by atoms with Crippen LogP contribution in [0.5, 0.6) is 0 Å². The molecule has 0 aromatic rings. The molecule has 0 saturated heterocycles.